The Bertz CT molecular complexity index is 340. The Labute approximate surface area is 101 Å². The summed E-state index contributed by atoms with van der Waals surface area (Å²) in [6, 6.07) is 0.421. The minimum atomic E-state index is -0.123. The first-order chi connectivity index (χ1) is 7.58. The van der Waals surface area contributed by atoms with Gasteiger partial charge in [-0.3, -0.25) is 0 Å². The Morgan fingerprint density at radius 2 is 1.88 bits per heavy atom. The lowest BCUT2D eigenvalue weighted by atomic mass is 9.80. The van der Waals surface area contributed by atoms with Gasteiger partial charge >= 0.3 is 0 Å². The topological polar surface area (TPSA) is 43.6 Å². The quantitative estimate of drug-likeness (QED) is 0.749. The van der Waals surface area contributed by atoms with Gasteiger partial charge in [0.15, 0.2) is 5.82 Å². The summed E-state index contributed by atoms with van der Waals surface area (Å²) in [5.74, 6) is 2.29. The fourth-order valence-electron chi connectivity index (χ4n) is 2.83. The fourth-order valence-corrected chi connectivity index (χ4v) is 2.97. The zero-order valence-corrected chi connectivity index (χ0v) is 10.9. The number of halogens is 1. The number of tetrazole rings is 1. The summed E-state index contributed by atoms with van der Waals surface area (Å²) in [5.41, 5.74) is 0. The molecule has 0 saturated heterocycles. The largest absolute Gasteiger partial charge is 0.225 e. The first-order valence-corrected chi connectivity index (χ1v) is 6.43. The molecule has 90 valence electrons. The van der Waals surface area contributed by atoms with Crippen molar-refractivity contribution in [2.75, 3.05) is 0 Å². The molecule has 0 amide bonds. The summed E-state index contributed by atoms with van der Waals surface area (Å²) in [7, 11) is 0. The molecule has 1 aromatic heterocycles. The average molecular weight is 243 g/mol. The van der Waals surface area contributed by atoms with Gasteiger partial charge in [-0.25, -0.2) is 4.68 Å². The van der Waals surface area contributed by atoms with E-state index in [1.165, 1.54) is 6.42 Å². The van der Waals surface area contributed by atoms with Crippen LogP contribution >= 0.6 is 11.6 Å². The molecule has 0 radical (unpaired) electrons. The molecule has 1 aromatic rings. The van der Waals surface area contributed by atoms with Gasteiger partial charge in [0.2, 0.25) is 0 Å². The second-order valence-electron chi connectivity index (χ2n) is 5.17. The highest BCUT2D eigenvalue weighted by molar-refractivity contribution is 6.20. The van der Waals surface area contributed by atoms with Crippen LogP contribution in [0.5, 0.6) is 0 Å². The maximum absolute atomic E-state index is 6.08. The van der Waals surface area contributed by atoms with E-state index in [1.54, 1.807) is 0 Å². The van der Waals surface area contributed by atoms with E-state index in [2.05, 4.69) is 29.4 Å². The van der Waals surface area contributed by atoms with Crippen molar-refractivity contribution in [2.45, 2.75) is 51.5 Å². The molecule has 1 saturated carbocycles. The normalized spacial score (nSPS) is 32.6. The molecule has 1 aliphatic carbocycles. The number of aromatic nitrogens is 4. The maximum atomic E-state index is 6.08. The molecule has 1 heterocycles. The Hall–Kier alpha value is -0.640. The molecule has 4 nitrogen and oxygen atoms in total. The Morgan fingerprint density at radius 3 is 2.44 bits per heavy atom. The van der Waals surface area contributed by atoms with Crippen molar-refractivity contribution in [1.82, 2.24) is 20.2 Å². The molecule has 5 heteroatoms. The van der Waals surface area contributed by atoms with E-state index in [4.69, 9.17) is 11.6 Å². The highest BCUT2D eigenvalue weighted by Gasteiger charge is 2.28. The molecule has 16 heavy (non-hydrogen) atoms. The number of rotatable bonds is 2. The third kappa shape index (κ3) is 2.37. The highest BCUT2D eigenvalue weighted by Crippen LogP contribution is 2.36. The van der Waals surface area contributed by atoms with Crippen molar-refractivity contribution in [3.63, 3.8) is 0 Å². The Morgan fingerprint density at radius 1 is 1.25 bits per heavy atom. The maximum Gasteiger partial charge on any atom is 0.169 e. The highest BCUT2D eigenvalue weighted by atomic mass is 35.5. The molecule has 1 fully saturated rings. The van der Waals surface area contributed by atoms with Gasteiger partial charge in [0.25, 0.3) is 0 Å². The van der Waals surface area contributed by atoms with E-state index in [-0.39, 0.29) is 5.38 Å². The van der Waals surface area contributed by atoms with Crippen LogP contribution in [0, 0.1) is 11.8 Å². The molecule has 0 aromatic carbocycles. The van der Waals surface area contributed by atoms with Gasteiger partial charge in [-0.15, -0.1) is 16.7 Å². The van der Waals surface area contributed by atoms with Gasteiger partial charge < -0.3 is 0 Å². The summed E-state index contributed by atoms with van der Waals surface area (Å²) >= 11 is 6.08. The predicted octanol–water partition coefficient (Wildman–Crippen LogP) is 2.97. The fraction of sp³-hybridized carbons (Fsp3) is 0.909. The Kier molecular flexibility index (Phi) is 3.47. The van der Waals surface area contributed by atoms with Crippen LogP contribution < -0.4 is 0 Å². The van der Waals surface area contributed by atoms with E-state index >= 15 is 0 Å². The summed E-state index contributed by atoms with van der Waals surface area (Å²) < 4.78 is 1.93. The molecule has 0 bridgehead atoms. The van der Waals surface area contributed by atoms with Gasteiger partial charge in [-0.1, -0.05) is 13.8 Å². The lowest BCUT2D eigenvalue weighted by Gasteiger charge is -2.31. The molecule has 3 unspecified atom stereocenters. The average Bonchev–Trinajstić information content (AvgIpc) is 2.63. The minimum absolute atomic E-state index is 0.123. The van der Waals surface area contributed by atoms with Crippen molar-refractivity contribution in [2.24, 2.45) is 11.8 Å². The number of hydrogen-bond acceptors (Lipinski definition) is 3. The lowest BCUT2D eigenvalue weighted by Crippen LogP contribution is -2.25. The van der Waals surface area contributed by atoms with Crippen LogP contribution in [0.1, 0.15) is 57.3 Å². The van der Waals surface area contributed by atoms with Gasteiger partial charge in [-0.05, 0) is 48.4 Å². The van der Waals surface area contributed by atoms with E-state index in [1.807, 2.05) is 11.6 Å². The smallest absolute Gasteiger partial charge is 0.169 e. The zero-order chi connectivity index (χ0) is 11.7. The molecular formula is C11H19ClN4. The van der Waals surface area contributed by atoms with Crippen LogP contribution in [0.2, 0.25) is 0 Å². The number of nitrogens with zero attached hydrogens (tertiary/aromatic N) is 4. The van der Waals surface area contributed by atoms with Crippen LogP contribution in [0.3, 0.4) is 0 Å². The van der Waals surface area contributed by atoms with Crippen LogP contribution in [0.4, 0.5) is 0 Å². The van der Waals surface area contributed by atoms with Crippen LogP contribution in [0.25, 0.3) is 0 Å². The van der Waals surface area contributed by atoms with Crippen LogP contribution in [0.15, 0.2) is 0 Å². The Balaban J connectivity index is 2.19. The summed E-state index contributed by atoms with van der Waals surface area (Å²) in [4.78, 5) is 0. The molecule has 1 aliphatic rings. The molecule has 2 rings (SSSR count). The number of alkyl halides is 1. The second kappa shape index (κ2) is 4.70. The van der Waals surface area contributed by atoms with Gasteiger partial charge in [-0.2, -0.15) is 0 Å². The van der Waals surface area contributed by atoms with E-state index < -0.39 is 0 Å². The molecule has 0 N–H and O–H groups in total. The second-order valence-corrected chi connectivity index (χ2v) is 5.82. The van der Waals surface area contributed by atoms with Gasteiger partial charge in [0, 0.05) is 0 Å². The van der Waals surface area contributed by atoms with Crippen molar-refractivity contribution < 1.29 is 0 Å². The molecular weight excluding hydrogens is 224 g/mol. The van der Waals surface area contributed by atoms with Gasteiger partial charge in [0.05, 0.1) is 11.4 Å². The predicted molar refractivity (Wildman–Crippen MR) is 63.3 cm³/mol. The van der Waals surface area contributed by atoms with E-state index in [0.717, 1.165) is 30.5 Å². The summed E-state index contributed by atoms with van der Waals surface area (Å²) in [6.45, 7) is 6.52. The zero-order valence-electron chi connectivity index (χ0n) is 10.1. The summed E-state index contributed by atoms with van der Waals surface area (Å²) in [6.07, 6.45) is 3.63. The molecule has 0 spiro atoms. The lowest BCUT2D eigenvalue weighted by molar-refractivity contribution is 0.204. The van der Waals surface area contributed by atoms with Crippen molar-refractivity contribution in [1.29, 1.82) is 0 Å². The third-order valence-electron chi connectivity index (χ3n) is 3.37. The van der Waals surface area contributed by atoms with E-state index in [9.17, 15) is 0 Å². The van der Waals surface area contributed by atoms with Crippen molar-refractivity contribution in [3.05, 3.63) is 5.82 Å². The van der Waals surface area contributed by atoms with E-state index in [0.29, 0.717) is 6.04 Å². The number of hydrogen-bond donors (Lipinski definition) is 0. The van der Waals surface area contributed by atoms with Crippen molar-refractivity contribution in [3.8, 4) is 0 Å². The minimum Gasteiger partial charge on any atom is -0.225 e. The first kappa shape index (κ1) is 11.8. The first-order valence-electron chi connectivity index (χ1n) is 5.99. The van der Waals surface area contributed by atoms with Crippen LogP contribution in [-0.4, -0.2) is 20.2 Å². The van der Waals surface area contributed by atoms with Gasteiger partial charge in [0.1, 0.15) is 0 Å². The van der Waals surface area contributed by atoms with Crippen LogP contribution in [-0.2, 0) is 0 Å². The standard InChI is InChI=1S/C11H19ClN4/c1-7-4-8(2)6-10(5-7)16-11(9(3)12)13-14-15-16/h7-10H,4-6H2,1-3H3. The molecule has 3 atom stereocenters. The third-order valence-corrected chi connectivity index (χ3v) is 3.57. The molecule has 0 aliphatic heterocycles. The summed E-state index contributed by atoms with van der Waals surface area (Å²) in [5, 5.41) is 11.7. The SMILES string of the molecule is CC1CC(C)CC(n2nnnc2C(C)Cl)C1. The van der Waals surface area contributed by atoms with Crippen molar-refractivity contribution >= 4 is 11.6 Å². The monoisotopic (exact) mass is 242 g/mol.